The van der Waals surface area contributed by atoms with Gasteiger partial charge in [0, 0.05) is 13.0 Å². The molecule has 0 unspecified atom stereocenters. The van der Waals surface area contributed by atoms with E-state index in [1.54, 1.807) is 4.90 Å². The molecule has 120 valence electrons. The lowest BCUT2D eigenvalue weighted by atomic mass is 9.89. The molecule has 0 bridgehead atoms. The topological polar surface area (TPSA) is 46.6 Å². The van der Waals surface area contributed by atoms with Crippen molar-refractivity contribution in [1.29, 1.82) is 0 Å². The molecule has 1 aromatic carbocycles. The Morgan fingerprint density at radius 2 is 1.86 bits per heavy atom. The molecule has 1 saturated heterocycles. The van der Waals surface area contributed by atoms with Crippen LogP contribution in [0.1, 0.15) is 52.6 Å². The van der Waals surface area contributed by atoms with Crippen LogP contribution in [0.3, 0.4) is 0 Å². The summed E-state index contributed by atoms with van der Waals surface area (Å²) in [6, 6.07) is 9.83. The van der Waals surface area contributed by atoms with Gasteiger partial charge in [0.2, 0.25) is 5.91 Å². The SMILES string of the molecule is C[C@@H](c1ccccc1)N1C[C@@](C)(C(=O)OC(C)(C)C)CC1=O. The van der Waals surface area contributed by atoms with E-state index in [0.29, 0.717) is 6.54 Å². The first-order valence-corrected chi connectivity index (χ1v) is 7.70. The van der Waals surface area contributed by atoms with Crippen LogP contribution in [0.25, 0.3) is 0 Å². The lowest BCUT2D eigenvalue weighted by Gasteiger charge is -2.29. The molecule has 22 heavy (non-hydrogen) atoms. The molecule has 0 radical (unpaired) electrons. The number of likely N-dealkylation sites (tertiary alicyclic amines) is 1. The Morgan fingerprint density at radius 1 is 1.27 bits per heavy atom. The van der Waals surface area contributed by atoms with Crippen molar-refractivity contribution in [1.82, 2.24) is 4.90 Å². The maximum Gasteiger partial charge on any atom is 0.314 e. The summed E-state index contributed by atoms with van der Waals surface area (Å²) in [7, 11) is 0. The maximum atomic E-state index is 12.4. The quantitative estimate of drug-likeness (QED) is 0.805. The smallest absolute Gasteiger partial charge is 0.314 e. The summed E-state index contributed by atoms with van der Waals surface area (Å²) in [6.07, 6.45) is 0.207. The number of amides is 1. The Morgan fingerprint density at radius 3 is 2.41 bits per heavy atom. The molecule has 1 aliphatic rings. The number of carbonyl (C=O) groups is 2. The van der Waals surface area contributed by atoms with Crippen molar-refractivity contribution in [3.63, 3.8) is 0 Å². The van der Waals surface area contributed by atoms with Gasteiger partial charge in [-0.3, -0.25) is 9.59 Å². The average molecular weight is 303 g/mol. The predicted octanol–water partition coefficient (Wildman–Crippen LogP) is 3.33. The largest absolute Gasteiger partial charge is 0.459 e. The van der Waals surface area contributed by atoms with Crippen molar-refractivity contribution in [3.8, 4) is 0 Å². The fourth-order valence-corrected chi connectivity index (χ4v) is 2.76. The van der Waals surface area contributed by atoms with E-state index >= 15 is 0 Å². The molecule has 0 N–H and O–H groups in total. The molecule has 0 saturated carbocycles. The van der Waals surface area contributed by atoms with E-state index in [1.165, 1.54) is 0 Å². The number of hydrogen-bond acceptors (Lipinski definition) is 3. The highest BCUT2D eigenvalue weighted by molar-refractivity contribution is 5.90. The molecule has 1 heterocycles. The number of hydrogen-bond donors (Lipinski definition) is 0. The first-order chi connectivity index (χ1) is 10.1. The van der Waals surface area contributed by atoms with Crippen LogP contribution in [0.4, 0.5) is 0 Å². The van der Waals surface area contributed by atoms with Gasteiger partial charge in [-0.2, -0.15) is 0 Å². The van der Waals surface area contributed by atoms with Crippen molar-refractivity contribution in [2.75, 3.05) is 6.54 Å². The Hall–Kier alpha value is -1.84. The first kappa shape index (κ1) is 16.5. The number of ether oxygens (including phenoxy) is 1. The highest BCUT2D eigenvalue weighted by Gasteiger charge is 2.48. The van der Waals surface area contributed by atoms with E-state index in [9.17, 15) is 9.59 Å². The summed E-state index contributed by atoms with van der Waals surface area (Å²) in [5.74, 6) is -0.291. The molecule has 1 fully saturated rings. The average Bonchev–Trinajstić information content (AvgIpc) is 2.74. The second-order valence-electron chi connectivity index (χ2n) is 7.35. The minimum absolute atomic E-state index is 0.00436. The summed E-state index contributed by atoms with van der Waals surface area (Å²) in [5.41, 5.74) is -0.237. The third-order valence-corrected chi connectivity index (χ3v) is 4.02. The molecular weight excluding hydrogens is 278 g/mol. The lowest BCUT2D eigenvalue weighted by molar-refractivity contribution is -0.166. The molecule has 0 spiro atoms. The summed E-state index contributed by atoms with van der Waals surface area (Å²) >= 11 is 0. The van der Waals surface area contributed by atoms with Crippen LogP contribution in [-0.2, 0) is 14.3 Å². The highest BCUT2D eigenvalue weighted by Crippen LogP contribution is 2.37. The van der Waals surface area contributed by atoms with Gasteiger partial charge in [0.1, 0.15) is 5.60 Å². The third kappa shape index (κ3) is 3.49. The van der Waals surface area contributed by atoms with Crippen LogP contribution in [0.15, 0.2) is 30.3 Å². The number of benzene rings is 1. The van der Waals surface area contributed by atoms with Crippen LogP contribution >= 0.6 is 0 Å². The fourth-order valence-electron chi connectivity index (χ4n) is 2.76. The Kier molecular flexibility index (Phi) is 4.32. The van der Waals surface area contributed by atoms with Crippen molar-refractivity contribution in [3.05, 3.63) is 35.9 Å². The van der Waals surface area contributed by atoms with Crippen molar-refractivity contribution >= 4 is 11.9 Å². The van der Waals surface area contributed by atoms with Crippen molar-refractivity contribution in [2.45, 2.75) is 52.7 Å². The molecule has 0 aromatic heterocycles. The van der Waals surface area contributed by atoms with E-state index in [0.717, 1.165) is 5.56 Å². The second-order valence-corrected chi connectivity index (χ2v) is 7.35. The summed E-state index contributed by atoms with van der Waals surface area (Å²) < 4.78 is 5.49. The highest BCUT2D eigenvalue weighted by atomic mass is 16.6. The van der Waals surface area contributed by atoms with Gasteiger partial charge < -0.3 is 9.64 Å². The zero-order chi connectivity index (χ0) is 16.5. The molecule has 4 nitrogen and oxygen atoms in total. The molecule has 1 amide bonds. The van der Waals surface area contributed by atoms with Crippen LogP contribution in [-0.4, -0.2) is 28.9 Å². The molecule has 1 aliphatic heterocycles. The Balaban J connectivity index is 2.15. The van der Waals surface area contributed by atoms with E-state index in [-0.39, 0.29) is 24.3 Å². The molecule has 2 atom stereocenters. The van der Waals surface area contributed by atoms with Gasteiger partial charge in [0.25, 0.3) is 0 Å². The summed E-state index contributed by atoms with van der Waals surface area (Å²) in [4.78, 5) is 26.6. The Bertz CT molecular complexity index is 561. The number of rotatable bonds is 3. The summed E-state index contributed by atoms with van der Waals surface area (Å²) in [6.45, 7) is 9.74. The van der Waals surface area contributed by atoms with Crippen LogP contribution < -0.4 is 0 Å². The molecule has 0 aliphatic carbocycles. The zero-order valence-electron chi connectivity index (χ0n) is 14.1. The molecule has 2 rings (SSSR count). The van der Waals surface area contributed by atoms with Crippen LogP contribution in [0.2, 0.25) is 0 Å². The predicted molar refractivity (Wildman–Crippen MR) is 85.1 cm³/mol. The zero-order valence-corrected chi connectivity index (χ0v) is 14.1. The van der Waals surface area contributed by atoms with Gasteiger partial charge in [-0.05, 0) is 40.2 Å². The number of esters is 1. The first-order valence-electron chi connectivity index (χ1n) is 7.70. The van der Waals surface area contributed by atoms with Crippen LogP contribution in [0.5, 0.6) is 0 Å². The minimum atomic E-state index is -0.770. The monoisotopic (exact) mass is 303 g/mol. The van der Waals surface area contributed by atoms with Gasteiger partial charge in [-0.15, -0.1) is 0 Å². The van der Waals surface area contributed by atoms with E-state index < -0.39 is 11.0 Å². The van der Waals surface area contributed by atoms with E-state index in [1.807, 2.05) is 65.0 Å². The third-order valence-electron chi connectivity index (χ3n) is 4.02. The minimum Gasteiger partial charge on any atom is -0.459 e. The molecule has 4 heteroatoms. The van der Waals surface area contributed by atoms with Gasteiger partial charge in [0.05, 0.1) is 11.5 Å². The second kappa shape index (κ2) is 5.75. The van der Waals surface area contributed by atoms with Gasteiger partial charge >= 0.3 is 5.97 Å². The fraction of sp³-hybridized carbons (Fsp3) is 0.556. The van der Waals surface area contributed by atoms with E-state index in [4.69, 9.17) is 4.74 Å². The van der Waals surface area contributed by atoms with Crippen LogP contribution in [0, 0.1) is 5.41 Å². The molecule has 1 aromatic rings. The lowest BCUT2D eigenvalue weighted by Crippen LogP contribution is -2.38. The normalized spacial score (nSPS) is 23.5. The van der Waals surface area contributed by atoms with Gasteiger partial charge in [-0.25, -0.2) is 0 Å². The standard InChI is InChI=1S/C18H25NO3/c1-13(14-9-7-6-8-10-14)19-12-18(5,11-15(19)20)16(21)22-17(2,3)4/h6-10,13H,11-12H2,1-5H3/t13-,18-/m0/s1. The maximum absolute atomic E-state index is 12.4. The van der Waals surface area contributed by atoms with Gasteiger partial charge in [0.15, 0.2) is 0 Å². The Labute approximate surface area is 132 Å². The van der Waals surface area contributed by atoms with E-state index in [2.05, 4.69) is 0 Å². The number of carbonyl (C=O) groups excluding carboxylic acids is 2. The number of nitrogens with zero attached hydrogens (tertiary/aromatic N) is 1. The molecular formula is C18H25NO3. The van der Waals surface area contributed by atoms with Gasteiger partial charge in [-0.1, -0.05) is 30.3 Å². The van der Waals surface area contributed by atoms with Crippen molar-refractivity contribution < 1.29 is 14.3 Å². The van der Waals surface area contributed by atoms with Crippen molar-refractivity contribution in [2.24, 2.45) is 5.41 Å². The summed E-state index contributed by atoms with van der Waals surface area (Å²) in [5, 5.41) is 0.